The van der Waals surface area contributed by atoms with Gasteiger partial charge in [-0.3, -0.25) is 4.79 Å². The highest BCUT2D eigenvalue weighted by atomic mass is 32.2. The molecule has 28 heavy (non-hydrogen) atoms. The van der Waals surface area contributed by atoms with Gasteiger partial charge in [0.1, 0.15) is 11.1 Å². The lowest BCUT2D eigenvalue weighted by atomic mass is 9.99. The third-order valence-electron chi connectivity index (χ3n) is 4.05. The fraction of sp³-hybridized carbons (Fsp3) is 0.174. The number of hydrogen-bond acceptors (Lipinski definition) is 5. The second-order valence-corrected chi connectivity index (χ2v) is 7.05. The van der Waals surface area contributed by atoms with Crippen LogP contribution in [-0.4, -0.2) is 23.3 Å². The zero-order valence-corrected chi connectivity index (χ0v) is 16.4. The Labute approximate surface area is 169 Å². The van der Waals surface area contributed by atoms with E-state index in [0.29, 0.717) is 17.2 Å². The predicted molar refractivity (Wildman–Crippen MR) is 112 cm³/mol. The van der Waals surface area contributed by atoms with Crippen molar-refractivity contribution in [2.24, 2.45) is 0 Å². The number of carbonyl (C=O) groups excluding carboxylic acids is 1. The van der Waals surface area contributed by atoms with Crippen LogP contribution >= 0.6 is 11.8 Å². The Balaban J connectivity index is 2.04. The molecule has 1 aromatic heterocycles. The molecular formula is C23H20N2O2S. The van der Waals surface area contributed by atoms with Crippen molar-refractivity contribution in [1.82, 2.24) is 4.98 Å². The van der Waals surface area contributed by atoms with Crippen LogP contribution < -0.4 is 0 Å². The number of hydrogen-bond donors (Lipinski definition) is 0. The molecule has 0 aliphatic rings. The highest BCUT2D eigenvalue weighted by Crippen LogP contribution is 2.34. The lowest BCUT2D eigenvalue weighted by molar-refractivity contribution is -0.140. The van der Waals surface area contributed by atoms with Gasteiger partial charge in [0.05, 0.1) is 23.6 Å². The Hall–Kier alpha value is -3.10. The second kappa shape index (κ2) is 9.72. The summed E-state index contributed by atoms with van der Waals surface area (Å²) >= 11 is 1.24. The number of carbonyl (C=O) groups is 1. The fourth-order valence-corrected chi connectivity index (χ4v) is 3.52. The normalized spacial score (nSPS) is 10.3. The van der Waals surface area contributed by atoms with E-state index in [2.05, 4.69) is 11.1 Å². The largest absolute Gasteiger partial charge is 0.465 e. The van der Waals surface area contributed by atoms with Crippen molar-refractivity contribution < 1.29 is 9.53 Å². The average molecular weight is 388 g/mol. The van der Waals surface area contributed by atoms with Crippen molar-refractivity contribution in [3.63, 3.8) is 0 Å². The number of pyridine rings is 1. The highest BCUT2D eigenvalue weighted by Gasteiger charge is 2.17. The van der Waals surface area contributed by atoms with E-state index >= 15 is 0 Å². The number of nitrogens with zero attached hydrogens (tertiary/aromatic N) is 2. The molecule has 0 amide bonds. The molecule has 0 fully saturated rings. The van der Waals surface area contributed by atoms with Crippen LogP contribution in [0.5, 0.6) is 0 Å². The third kappa shape index (κ3) is 4.79. The third-order valence-corrected chi connectivity index (χ3v) is 5.00. The van der Waals surface area contributed by atoms with Crippen molar-refractivity contribution in [3.8, 4) is 28.5 Å². The summed E-state index contributed by atoms with van der Waals surface area (Å²) in [6.07, 6.45) is 0.778. The minimum Gasteiger partial charge on any atom is -0.465 e. The van der Waals surface area contributed by atoms with Crippen LogP contribution in [0.1, 0.15) is 18.9 Å². The number of rotatable bonds is 7. The first-order valence-corrected chi connectivity index (χ1v) is 10.1. The summed E-state index contributed by atoms with van der Waals surface area (Å²) in [6, 6.07) is 23.8. The van der Waals surface area contributed by atoms with E-state index in [1.807, 2.05) is 73.7 Å². The van der Waals surface area contributed by atoms with E-state index in [9.17, 15) is 10.1 Å². The fourth-order valence-electron chi connectivity index (χ4n) is 2.72. The summed E-state index contributed by atoms with van der Waals surface area (Å²) in [4.78, 5) is 16.6. The van der Waals surface area contributed by atoms with Crippen molar-refractivity contribution >= 4 is 17.7 Å². The highest BCUT2D eigenvalue weighted by molar-refractivity contribution is 7.99. The molecule has 0 bridgehead atoms. The monoisotopic (exact) mass is 388 g/mol. The molecule has 5 heteroatoms. The molecule has 4 nitrogen and oxygen atoms in total. The average Bonchev–Trinajstić information content (AvgIpc) is 2.76. The maximum atomic E-state index is 11.9. The predicted octanol–water partition coefficient (Wildman–Crippen LogP) is 5.33. The van der Waals surface area contributed by atoms with Gasteiger partial charge in [0, 0.05) is 11.1 Å². The van der Waals surface area contributed by atoms with Gasteiger partial charge in [-0.05, 0) is 18.1 Å². The summed E-state index contributed by atoms with van der Waals surface area (Å²) in [5.74, 6) is -0.183. The summed E-state index contributed by atoms with van der Waals surface area (Å²) in [5, 5.41) is 10.3. The summed E-state index contributed by atoms with van der Waals surface area (Å²) in [7, 11) is 0. The summed E-state index contributed by atoms with van der Waals surface area (Å²) in [6.45, 7) is 2.35. The van der Waals surface area contributed by atoms with Gasteiger partial charge in [0.15, 0.2) is 0 Å². The lowest BCUT2D eigenvalue weighted by Crippen LogP contribution is -2.08. The molecule has 140 valence electrons. The molecule has 3 rings (SSSR count). The van der Waals surface area contributed by atoms with Crippen molar-refractivity contribution in [2.75, 3.05) is 12.4 Å². The Morgan fingerprint density at radius 2 is 1.71 bits per heavy atom. The maximum Gasteiger partial charge on any atom is 0.316 e. The topological polar surface area (TPSA) is 63.0 Å². The van der Waals surface area contributed by atoms with Crippen LogP contribution in [0, 0.1) is 11.3 Å². The van der Waals surface area contributed by atoms with Crippen LogP contribution in [0.25, 0.3) is 22.4 Å². The van der Waals surface area contributed by atoms with Gasteiger partial charge in [-0.2, -0.15) is 5.26 Å². The number of benzene rings is 2. The molecule has 0 aliphatic carbocycles. The first kappa shape index (κ1) is 19.7. The maximum absolute atomic E-state index is 11.9. The zero-order valence-electron chi connectivity index (χ0n) is 15.6. The van der Waals surface area contributed by atoms with Gasteiger partial charge in [0.2, 0.25) is 0 Å². The van der Waals surface area contributed by atoms with Gasteiger partial charge in [-0.1, -0.05) is 79.3 Å². The van der Waals surface area contributed by atoms with Gasteiger partial charge < -0.3 is 4.74 Å². The van der Waals surface area contributed by atoms with Gasteiger partial charge >= 0.3 is 5.97 Å². The van der Waals surface area contributed by atoms with Crippen molar-refractivity contribution in [1.29, 1.82) is 5.26 Å². The van der Waals surface area contributed by atoms with E-state index in [1.165, 1.54) is 11.8 Å². The standard InChI is InChI=1S/C23H20N2O2S/c1-2-13-27-22(26)16-28-23-20(15-24)19(17-9-5-3-6-10-17)14-21(25-23)18-11-7-4-8-12-18/h3-12,14H,2,13,16H2,1H3. The molecule has 3 aromatic rings. The van der Waals surface area contributed by atoms with E-state index < -0.39 is 0 Å². The molecule has 0 aliphatic heterocycles. The second-order valence-electron chi connectivity index (χ2n) is 6.09. The van der Waals surface area contributed by atoms with E-state index in [0.717, 1.165) is 28.8 Å². The number of esters is 1. The molecule has 1 heterocycles. The first-order chi connectivity index (χ1) is 13.7. The molecule has 0 spiro atoms. The van der Waals surface area contributed by atoms with Gasteiger partial charge in [-0.25, -0.2) is 4.98 Å². The minimum absolute atomic E-state index is 0.119. The number of nitriles is 1. The smallest absolute Gasteiger partial charge is 0.316 e. The van der Waals surface area contributed by atoms with Crippen LogP contribution in [0.15, 0.2) is 71.8 Å². The Bertz CT molecular complexity index is 983. The van der Waals surface area contributed by atoms with Gasteiger partial charge in [-0.15, -0.1) is 0 Å². The van der Waals surface area contributed by atoms with Crippen LogP contribution in [-0.2, 0) is 9.53 Å². The molecule has 0 saturated carbocycles. The Morgan fingerprint density at radius 1 is 1.07 bits per heavy atom. The van der Waals surface area contributed by atoms with Crippen molar-refractivity contribution in [2.45, 2.75) is 18.4 Å². The molecule has 2 aromatic carbocycles. The summed E-state index contributed by atoms with van der Waals surface area (Å²) in [5.41, 5.74) is 3.94. The van der Waals surface area contributed by atoms with E-state index in [4.69, 9.17) is 4.74 Å². The Morgan fingerprint density at radius 3 is 2.32 bits per heavy atom. The summed E-state index contributed by atoms with van der Waals surface area (Å²) < 4.78 is 5.15. The SMILES string of the molecule is CCCOC(=O)CSc1nc(-c2ccccc2)cc(-c2ccccc2)c1C#N. The first-order valence-electron chi connectivity index (χ1n) is 9.07. The molecule has 0 atom stereocenters. The number of ether oxygens (including phenoxy) is 1. The number of aromatic nitrogens is 1. The van der Waals surface area contributed by atoms with Crippen molar-refractivity contribution in [3.05, 3.63) is 72.3 Å². The molecule has 0 unspecified atom stereocenters. The van der Waals surface area contributed by atoms with Crippen LogP contribution in [0.3, 0.4) is 0 Å². The molecule has 0 N–H and O–H groups in total. The van der Waals surface area contributed by atoms with E-state index in [1.54, 1.807) is 0 Å². The van der Waals surface area contributed by atoms with E-state index in [-0.39, 0.29) is 11.7 Å². The van der Waals surface area contributed by atoms with Crippen LogP contribution in [0.2, 0.25) is 0 Å². The van der Waals surface area contributed by atoms with Crippen LogP contribution in [0.4, 0.5) is 0 Å². The quantitative estimate of drug-likeness (QED) is 0.404. The number of thioether (sulfide) groups is 1. The molecule has 0 radical (unpaired) electrons. The minimum atomic E-state index is -0.302. The van der Waals surface area contributed by atoms with Gasteiger partial charge in [0.25, 0.3) is 0 Å². The lowest BCUT2D eigenvalue weighted by Gasteiger charge is -2.12. The Kier molecular flexibility index (Phi) is 6.83. The zero-order chi connectivity index (χ0) is 19.8. The molecular weight excluding hydrogens is 368 g/mol. The molecule has 0 saturated heterocycles.